The van der Waals surface area contributed by atoms with Gasteiger partial charge in [-0.15, -0.1) is 0 Å². The Morgan fingerprint density at radius 3 is 2.00 bits per heavy atom. The van der Waals surface area contributed by atoms with Crippen molar-refractivity contribution in [3.63, 3.8) is 0 Å². The number of aliphatic imine (C=N–C) groups is 1. The summed E-state index contributed by atoms with van der Waals surface area (Å²) in [6.07, 6.45) is 0. The molecule has 0 fully saturated rings. The fraction of sp³-hybridized carbons (Fsp3) is 0.0714. The summed E-state index contributed by atoms with van der Waals surface area (Å²) in [6, 6.07) is 20.9. The van der Waals surface area contributed by atoms with Gasteiger partial charge in [0, 0.05) is 21.1 Å². The van der Waals surface area contributed by atoms with Crippen molar-refractivity contribution in [1.82, 2.24) is 0 Å². The predicted molar refractivity (Wildman–Crippen MR) is 63.4 cm³/mol. The van der Waals surface area contributed by atoms with E-state index in [9.17, 15) is 0 Å². The average molecular weight is 562 g/mol. The summed E-state index contributed by atoms with van der Waals surface area (Å²) in [4.78, 5) is 3.42. The molecule has 0 amide bonds. The molecule has 0 aliphatic rings. The van der Waals surface area contributed by atoms with Gasteiger partial charge < -0.3 is 4.99 Å². The SMILES string of the molecule is Cc1cc[c-]cc1.[CH-]=Nc1[c-]cccc1.[W+2].[W]. The molecule has 0 unspecified atom stereocenters. The van der Waals surface area contributed by atoms with Crippen LogP contribution in [0.2, 0.25) is 0 Å². The summed E-state index contributed by atoms with van der Waals surface area (Å²) in [5.41, 5.74) is 1.98. The van der Waals surface area contributed by atoms with E-state index in [-0.39, 0.29) is 42.1 Å². The summed E-state index contributed by atoms with van der Waals surface area (Å²) in [5, 5.41) is 0. The van der Waals surface area contributed by atoms with E-state index in [0.29, 0.717) is 5.69 Å². The zero-order valence-electron chi connectivity index (χ0n) is 9.46. The topological polar surface area (TPSA) is 12.4 Å². The summed E-state index contributed by atoms with van der Waals surface area (Å²) in [5.74, 6) is 0. The van der Waals surface area contributed by atoms with Crippen molar-refractivity contribution in [2.75, 3.05) is 0 Å². The standard InChI is InChI=1S/C7H5N.C7H7.2W/c1-8-7-5-3-2-4-6-7;1-7-5-3-2-4-6-7;;/h1-5H;3-6H,1H3;;/q-2;-1;;+2. The third-order valence-electron chi connectivity index (χ3n) is 1.72. The fourth-order valence-electron chi connectivity index (χ4n) is 0.934. The molecule has 0 aliphatic carbocycles. The largest absolute Gasteiger partial charge is 2.00 e. The number of para-hydroxylation sites is 1. The second kappa shape index (κ2) is 12.0. The van der Waals surface area contributed by atoms with E-state index in [1.165, 1.54) is 5.56 Å². The number of hydrogen-bond donors (Lipinski definition) is 0. The van der Waals surface area contributed by atoms with Gasteiger partial charge in [-0.2, -0.15) is 60.8 Å². The van der Waals surface area contributed by atoms with Crippen LogP contribution in [0.15, 0.2) is 53.5 Å². The molecule has 1 nitrogen and oxygen atoms in total. The maximum absolute atomic E-state index is 4.94. The molecule has 0 spiro atoms. The first kappa shape index (κ1) is 18.8. The third-order valence-corrected chi connectivity index (χ3v) is 1.72. The molecule has 2 aromatic carbocycles. The van der Waals surface area contributed by atoms with E-state index in [1.807, 2.05) is 36.4 Å². The van der Waals surface area contributed by atoms with Crippen molar-refractivity contribution in [3.8, 4) is 0 Å². The van der Waals surface area contributed by atoms with Crippen LogP contribution >= 0.6 is 0 Å². The average Bonchev–Trinajstić information content (AvgIpc) is 2.32. The summed E-state index contributed by atoms with van der Waals surface area (Å²) in [7, 11) is 0. The Labute approximate surface area is 132 Å². The van der Waals surface area contributed by atoms with Gasteiger partial charge >= 0.3 is 21.1 Å². The number of benzene rings is 2. The van der Waals surface area contributed by atoms with Gasteiger partial charge in [-0.3, -0.25) is 6.07 Å². The molecule has 0 aliphatic heterocycles. The van der Waals surface area contributed by atoms with Gasteiger partial charge in [-0.1, -0.05) is 6.92 Å². The maximum Gasteiger partial charge on any atom is 2.00 e. The zero-order chi connectivity index (χ0) is 10.9. The van der Waals surface area contributed by atoms with Crippen LogP contribution in [0, 0.1) is 19.1 Å². The Kier molecular flexibility index (Phi) is 13.3. The van der Waals surface area contributed by atoms with E-state index >= 15 is 0 Å². The molecular weight excluding hydrogens is 550 g/mol. The molecule has 2 aromatic rings. The van der Waals surface area contributed by atoms with E-state index in [0.717, 1.165) is 0 Å². The van der Waals surface area contributed by atoms with Crippen molar-refractivity contribution in [3.05, 3.63) is 66.2 Å². The minimum Gasteiger partial charge on any atom is -0.485 e. The van der Waals surface area contributed by atoms with Crippen LogP contribution in [0.3, 0.4) is 0 Å². The van der Waals surface area contributed by atoms with Crippen LogP contribution in [0.1, 0.15) is 5.56 Å². The molecule has 3 heteroatoms. The quantitative estimate of drug-likeness (QED) is 0.374. The van der Waals surface area contributed by atoms with Gasteiger partial charge in [0.1, 0.15) is 0 Å². The first-order chi connectivity index (χ1) is 7.33. The monoisotopic (exact) mass is 562 g/mol. The third kappa shape index (κ3) is 9.21. The van der Waals surface area contributed by atoms with Crippen molar-refractivity contribution in [2.45, 2.75) is 6.92 Å². The minimum absolute atomic E-state index is 0. The van der Waals surface area contributed by atoms with E-state index in [2.05, 4.69) is 24.0 Å². The van der Waals surface area contributed by atoms with Gasteiger partial charge in [-0.25, -0.2) is 11.8 Å². The number of rotatable bonds is 1. The Morgan fingerprint density at radius 2 is 1.71 bits per heavy atom. The molecular formula is C14H12NW2-. The van der Waals surface area contributed by atoms with Gasteiger partial charge in [-0.05, 0) is 0 Å². The number of aryl methyl sites for hydroxylation is 1. The van der Waals surface area contributed by atoms with Crippen molar-refractivity contribution >= 4 is 12.4 Å². The smallest absolute Gasteiger partial charge is 0.485 e. The maximum atomic E-state index is 4.94. The molecule has 0 saturated carbocycles. The number of nitrogens with zero attached hydrogens (tertiary/aromatic N) is 1. The Balaban J connectivity index is 0. The minimum atomic E-state index is 0. The number of hydrogen-bond acceptors (Lipinski definition) is 1. The van der Waals surface area contributed by atoms with Gasteiger partial charge in [0.2, 0.25) is 0 Å². The normalized spacial score (nSPS) is 7.59. The van der Waals surface area contributed by atoms with Crippen LogP contribution in [-0.4, -0.2) is 6.72 Å². The molecule has 86 valence electrons. The molecule has 0 heterocycles. The van der Waals surface area contributed by atoms with Crippen LogP contribution in [0.4, 0.5) is 5.69 Å². The zero-order valence-corrected chi connectivity index (χ0v) is 15.3. The van der Waals surface area contributed by atoms with Crippen LogP contribution < -0.4 is 0 Å². The molecule has 0 atom stereocenters. The van der Waals surface area contributed by atoms with E-state index in [1.54, 1.807) is 12.1 Å². The molecule has 0 N–H and O–H groups in total. The molecule has 0 saturated heterocycles. The van der Waals surface area contributed by atoms with Crippen molar-refractivity contribution < 1.29 is 42.1 Å². The first-order valence-electron chi connectivity index (χ1n) is 4.63. The second-order valence-corrected chi connectivity index (χ2v) is 2.95. The Hall–Kier alpha value is -0.513. The molecule has 17 heavy (non-hydrogen) atoms. The van der Waals surface area contributed by atoms with Crippen molar-refractivity contribution in [1.29, 1.82) is 0 Å². The molecule has 0 bridgehead atoms. The van der Waals surface area contributed by atoms with Crippen LogP contribution in [0.5, 0.6) is 0 Å². The van der Waals surface area contributed by atoms with Crippen LogP contribution in [0.25, 0.3) is 0 Å². The Morgan fingerprint density at radius 1 is 1.06 bits per heavy atom. The summed E-state index contributed by atoms with van der Waals surface area (Å²) < 4.78 is 0. The van der Waals surface area contributed by atoms with Crippen molar-refractivity contribution in [2.24, 2.45) is 4.99 Å². The molecule has 0 radical (unpaired) electrons. The van der Waals surface area contributed by atoms with Gasteiger partial charge in [0.15, 0.2) is 0 Å². The van der Waals surface area contributed by atoms with Gasteiger partial charge in [0.25, 0.3) is 0 Å². The Bertz CT molecular complexity index is 387. The first-order valence-corrected chi connectivity index (χ1v) is 4.63. The predicted octanol–water partition coefficient (Wildman–Crippen LogP) is 3.49. The van der Waals surface area contributed by atoms with Crippen LogP contribution in [-0.2, 0) is 42.1 Å². The summed E-state index contributed by atoms with van der Waals surface area (Å²) >= 11 is 0. The summed E-state index contributed by atoms with van der Waals surface area (Å²) in [6.45, 7) is 7.01. The van der Waals surface area contributed by atoms with E-state index < -0.39 is 0 Å². The van der Waals surface area contributed by atoms with Gasteiger partial charge in [0.05, 0.1) is 0 Å². The molecule has 0 aromatic heterocycles. The second-order valence-electron chi connectivity index (χ2n) is 2.95. The molecule has 2 rings (SSSR count). The van der Waals surface area contributed by atoms with E-state index in [4.69, 9.17) is 6.72 Å². The fourth-order valence-corrected chi connectivity index (χ4v) is 0.934.